The summed E-state index contributed by atoms with van der Waals surface area (Å²) in [5.74, 6) is -0.274. The number of carbonyl (C=O) groups excluding carboxylic acids is 1. The summed E-state index contributed by atoms with van der Waals surface area (Å²) >= 11 is 0. The molecule has 7 heteroatoms. The number of hydrogen-bond donors (Lipinski definition) is 2. The van der Waals surface area contributed by atoms with Crippen molar-refractivity contribution in [2.75, 3.05) is 18.0 Å². The molecule has 2 aromatic carbocycles. The van der Waals surface area contributed by atoms with Gasteiger partial charge < -0.3 is 15.5 Å². The van der Waals surface area contributed by atoms with Crippen molar-refractivity contribution < 1.29 is 9.18 Å². The van der Waals surface area contributed by atoms with Crippen LogP contribution < -0.4 is 15.5 Å². The Morgan fingerprint density at radius 2 is 1.76 bits per heavy atom. The van der Waals surface area contributed by atoms with Gasteiger partial charge in [-0.25, -0.2) is 13.9 Å². The summed E-state index contributed by atoms with van der Waals surface area (Å²) in [5, 5.41) is 9.79. The summed E-state index contributed by atoms with van der Waals surface area (Å²) in [5.41, 5.74) is 3.19. The van der Waals surface area contributed by atoms with Crippen molar-refractivity contribution in [2.45, 2.75) is 26.9 Å². The lowest BCUT2D eigenvalue weighted by molar-refractivity contribution is 0.240. The Balaban J connectivity index is 1.52. The summed E-state index contributed by atoms with van der Waals surface area (Å²) in [6, 6.07) is 14.4. The molecule has 6 nitrogen and oxygen atoms in total. The molecule has 0 saturated carbocycles. The molecule has 2 N–H and O–H groups in total. The van der Waals surface area contributed by atoms with E-state index in [4.69, 9.17) is 0 Å². The minimum atomic E-state index is -0.303. The Morgan fingerprint density at radius 3 is 2.38 bits per heavy atom. The predicted octanol–water partition coefficient (Wildman–Crippen LogP) is 3.86. The second-order valence-corrected chi connectivity index (χ2v) is 6.61. The molecule has 0 unspecified atom stereocenters. The van der Waals surface area contributed by atoms with Gasteiger partial charge in [-0.15, -0.1) is 0 Å². The third kappa shape index (κ3) is 5.34. The van der Waals surface area contributed by atoms with Gasteiger partial charge in [-0.05, 0) is 55.3 Å². The largest absolute Gasteiger partial charge is 0.370 e. The summed E-state index contributed by atoms with van der Waals surface area (Å²) in [4.78, 5) is 14.1. The van der Waals surface area contributed by atoms with E-state index >= 15 is 0 Å². The van der Waals surface area contributed by atoms with Crippen molar-refractivity contribution in [3.63, 3.8) is 0 Å². The first kappa shape index (κ1) is 20.4. The van der Waals surface area contributed by atoms with E-state index < -0.39 is 0 Å². The molecule has 0 bridgehead atoms. The van der Waals surface area contributed by atoms with Crippen LogP contribution in [0.3, 0.4) is 0 Å². The Labute approximate surface area is 170 Å². The molecule has 0 radical (unpaired) electrons. The molecule has 0 saturated heterocycles. The number of carbonyl (C=O) groups is 1. The second-order valence-electron chi connectivity index (χ2n) is 6.61. The van der Waals surface area contributed by atoms with E-state index in [0.717, 1.165) is 24.3 Å². The summed E-state index contributed by atoms with van der Waals surface area (Å²) in [6.45, 7) is 6.12. The van der Waals surface area contributed by atoms with Crippen LogP contribution in [0.1, 0.15) is 25.0 Å². The molecule has 0 aliphatic rings. The highest BCUT2D eigenvalue weighted by atomic mass is 19.1. The number of hydrogen-bond acceptors (Lipinski definition) is 3. The number of rotatable bonds is 8. The van der Waals surface area contributed by atoms with Crippen molar-refractivity contribution in [3.05, 3.63) is 77.9 Å². The number of nitrogens with one attached hydrogen (secondary N) is 2. The third-order valence-electron chi connectivity index (χ3n) is 4.70. The van der Waals surface area contributed by atoms with Crippen LogP contribution in [0.5, 0.6) is 0 Å². The zero-order chi connectivity index (χ0) is 20.6. The van der Waals surface area contributed by atoms with E-state index in [0.29, 0.717) is 17.8 Å². The summed E-state index contributed by atoms with van der Waals surface area (Å²) in [6.07, 6.45) is 3.58. The highest BCUT2D eigenvalue weighted by Gasteiger charge is 2.10. The third-order valence-corrected chi connectivity index (χ3v) is 4.70. The van der Waals surface area contributed by atoms with Gasteiger partial charge in [0.2, 0.25) is 0 Å². The molecular weight excluding hydrogens is 369 g/mol. The van der Waals surface area contributed by atoms with Crippen molar-refractivity contribution in [2.24, 2.45) is 0 Å². The van der Waals surface area contributed by atoms with Gasteiger partial charge in [0, 0.05) is 38.6 Å². The van der Waals surface area contributed by atoms with E-state index in [1.807, 2.05) is 61.3 Å². The average molecular weight is 395 g/mol. The Morgan fingerprint density at radius 1 is 1.03 bits per heavy atom. The van der Waals surface area contributed by atoms with Crippen molar-refractivity contribution in [1.29, 1.82) is 0 Å². The average Bonchev–Trinajstić information content (AvgIpc) is 3.28. The van der Waals surface area contributed by atoms with Gasteiger partial charge in [-0.1, -0.05) is 18.2 Å². The molecule has 0 aliphatic heterocycles. The van der Waals surface area contributed by atoms with E-state index in [-0.39, 0.29) is 18.4 Å². The molecule has 0 atom stereocenters. The molecule has 1 aromatic heterocycles. The minimum Gasteiger partial charge on any atom is -0.370 e. The second kappa shape index (κ2) is 9.73. The fraction of sp³-hybridized carbons (Fsp3) is 0.273. The zero-order valence-corrected chi connectivity index (χ0v) is 16.7. The molecule has 0 spiro atoms. The van der Waals surface area contributed by atoms with Gasteiger partial charge in [-0.3, -0.25) is 0 Å². The Hall–Kier alpha value is -3.35. The Bertz CT molecular complexity index is 938. The highest BCUT2D eigenvalue weighted by molar-refractivity contribution is 5.73. The van der Waals surface area contributed by atoms with Crippen molar-refractivity contribution >= 4 is 11.7 Å². The van der Waals surface area contributed by atoms with Crippen LogP contribution in [0.25, 0.3) is 5.69 Å². The normalized spacial score (nSPS) is 10.6. The fourth-order valence-corrected chi connectivity index (χ4v) is 3.14. The molecule has 3 aromatic rings. The lowest BCUT2D eigenvalue weighted by Crippen LogP contribution is -2.34. The quantitative estimate of drug-likeness (QED) is 0.609. The van der Waals surface area contributed by atoms with Gasteiger partial charge in [0.15, 0.2) is 0 Å². The minimum absolute atomic E-state index is 0.259. The van der Waals surface area contributed by atoms with Crippen molar-refractivity contribution in [1.82, 2.24) is 20.4 Å². The molecule has 0 aliphatic carbocycles. The number of anilines is 1. The molecule has 1 heterocycles. The lowest BCUT2D eigenvalue weighted by Gasteiger charge is -2.22. The maximum Gasteiger partial charge on any atom is 0.315 e. The molecule has 0 fully saturated rings. The molecule has 3 rings (SSSR count). The first-order valence-electron chi connectivity index (χ1n) is 9.74. The highest BCUT2D eigenvalue weighted by Crippen LogP contribution is 2.20. The number of amides is 2. The number of nitrogens with zero attached hydrogens (tertiary/aromatic N) is 3. The van der Waals surface area contributed by atoms with Gasteiger partial charge >= 0.3 is 6.03 Å². The predicted molar refractivity (Wildman–Crippen MR) is 113 cm³/mol. The van der Waals surface area contributed by atoms with Gasteiger partial charge in [0.25, 0.3) is 0 Å². The van der Waals surface area contributed by atoms with Crippen molar-refractivity contribution in [3.8, 4) is 5.69 Å². The topological polar surface area (TPSA) is 62.2 Å². The maximum absolute atomic E-state index is 14.3. The number of benzene rings is 2. The zero-order valence-electron chi connectivity index (χ0n) is 16.7. The molecule has 2 amide bonds. The van der Waals surface area contributed by atoms with Gasteiger partial charge in [-0.2, -0.15) is 5.10 Å². The molecule has 152 valence electrons. The van der Waals surface area contributed by atoms with Gasteiger partial charge in [0.05, 0.1) is 11.4 Å². The number of urea groups is 1. The Kier molecular flexibility index (Phi) is 6.84. The van der Waals surface area contributed by atoms with Gasteiger partial charge in [0.1, 0.15) is 5.82 Å². The first-order chi connectivity index (χ1) is 14.1. The smallest absolute Gasteiger partial charge is 0.315 e. The van der Waals surface area contributed by atoms with Crippen LogP contribution in [-0.4, -0.2) is 28.9 Å². The fourth-order valence-electron chi connectivity index (χ4n) is 3.14. The van der Waals surface area contributed by atoms with Crippen LogP contribution in [0, 0.1) is 5.82 Å². The van der Waals surface area contributed by atoms with Crippen LogP contribution in [0.15, 0.2) is 60.9 Å². The summed E-state index contributed by atoms with van der Waals surface area (Å²) in [7, 11) is 0. The standard InChI is InChI=1S/C22H26FN5O/c1-3-27(4-2)21-10-9-18(14-20(21)23)16-25-22(29)24-15-17-7-5-8-19(13-17)28-12-6-11-26-28/h5-14H,3-4,15-16H2,1-2H3,(H2,24,25,29). The van der Waals surface area contributed by atoms with Crippen LogP contribution >= 0.6 is 0 Å². The van der Waals surface area contributed by atoms with Crippen LogP contribution in [0.2, 0.25) is 0 Å². The number of aromatic nitrogens is 2. The lowest BCUT2D eigenvalue weighted by atomic mass is 10.1. The molecular formula is C22H26FN5O. The SMILES string of the molecule is CCN(CC)c1ccc(CNC(=O)NCc2cccc(-n3cccn3)c2)cc1F. The molecule has 29 heavy (non-hydrogen) atoms. The van der Waals surface area contributed by atoms with E-state index in [2.05, 4.69) is 15.7 Å². The summed E-state index contributed by atoms with van der Waals surface area (Å²) < 4.78 is 16.1. The van der Waals surface area contributed by atoms with E-state index in [1.54, 1.807) is 16.9 Å². The maximum atomic E-state index is 14.3. The van der Waals surface area contributed by atoms with Crippen LogP contribution in [0.4, 0.5) is 14.9 Å². The first-order valence-corrected chi connectivity index (χ1v) is 9.74. The van der Waals surface area contributed by atoms with E-state index in [1.165, 1.54) is 6.07 Å². The monoisotopic (exact) mass is 395 g/mol. The number of halogens is 1. The van der Waals surface area contributed by atoms with Crippen LogP contribution in [-0.2, 0) is 13.1 Å². The van der Waals surface area contributed by atoms with E-state index in [9.17, 15) is 9.18 Å².